The van der Waals surface area contributed by atoms with Gasteiger partial charge in [0, 0.05) is 30.6 Å². The molecule has 1 unspecified atom stereocenters. The van der Waals surface area contributed by atoms with E-state index in [4.69, 9.17) is 24.7 Å². The molecule has 2 rings (SSSR count). The molecule has 0 saturated carbocycles. The van der Waals surface area contributed by atoms with Crippen LogP contribution >= 0.6 is 7.82 Å². The van der Waals surface area contributed by atoms with E-state index in [0.717, 1.165) is 23.1 Å². The minimum atomic E-state index is -4.50. The second kappa shape index (κ2) is 11.0. The number of amides is 1. The molecule has 152 valence electrons. The lowest BCUT2D eigenvalue weighted by Gasteiger charge is -2.07. The molecular weight excluding hydrogens is 379 g/mol. The number of methoxy groups -OCH3 is 1. The number of H-pyrrole nitrogens is 1. The highest BCUT2D eigenvalue weighted by Gasteiger charge is 2.15. The number of hydrogen-bond donors (Lipinski definition) is 6. The van der Waals surface area contributed by atoms with E-state index in [1.54, 1.807) is 7.11 Å². The molecule has 0 aliphatic heterocycles. The maximum atomic E-state index is 10.8. The van der Waals surface area contributed by atoms with Gasteiger partial charge < -0.3 is 35.0 Å². The number of hydrogen-bond acceptors (Lipinski definition) is 6. The molecule has 10 nitrogen and oxygen atoms in total. The van der Waals surface area contributed by atoms with Crippen molar-refractivity contribution < 1.29 is 38.6 Å². The molecule has 0 radical (unpaired) electrons. The van der Waals surface area contributed by atoms with E-state index in [1.165, 1.54) is 12.5 Å². The van der Waals surface area contributed by atoms with Crippen LogP contribution in [0, 0.1) is 0 Å². The lowest BCUT2D eigenvalue weighted by atomic mass is 10.1. The number of nitrogens with one attached hydrogen (secondary N) is 2. The van der Waals surface area contributed by atoms with E-state index in [0.29, 0.717) is 6.54 Å². The summed E-state index contributed by atoms with van der Waals surface area (Å²) in [4.78, 5) is 30.1. The number of carbonyl (C=O) groups is 1. The van der Waals surface area contributed by atoms with Crippen LogP contribution in [-0.4, -0.2) is 63.9 Å². The maximum Gasteiger partial charge on any atom is 0.469 e. The van der Waals surface area contributed by atoms with Crippen molar-refractivity contribution in [2.75, 3.05) is 26.9 Å². The van der Waals surface area contributed by atoms with Gasteiger partial charge in [-0.15, -0.1) is 0 Å². The Morgan fingerprint density at radius 1 is 1.37 bits per heavy atom. The Kier molecular flexibility index (Phi) is 9.44. The van der Waals surface area contributed by atoms with E-state index >= 15 is 0 Å². The molecule has 0 bridgehead atoms. The standard InChI is InChI=1S/C13H16N2O2.C3H9O6P/c1-9(16)14-6-5-10-8-15-13-4-3-11(17-2)7-12(10)13;4-1-3(5)2-9-10(6,7)8/h3-4,7-8,15H,5-6H2,1-2H3,(H,14,16);3-5H,1-2H2,(H2,6,7,8). The average molecular weight is 404 g/mol. The summed E-state index contributed by atoms with van der Waals surface area (Å²) < 4.78 is 19.0. The zero-order chi connectivity index (χ0) is 20.4. The molecule has 1 atom stereocenters. The maximum absolute atomic E-state index is 10.8. The smallest absolute Gasteiger partial charge is 0.469 e. The van der Waals surface area contributed by atoms with Crippen LogP contribution in [0.5, 0.6) is 5.75 Å². The van der Waals surface area contributed by atoms with Crippen LogP contribution in [0.1, 0.15) is 12.5 Å². The number of ether oxygens (including phenoxy) is 1. The summed E-state index contributed by atoms with van der Waals surface area (Å²) in [5.41, 5.74) is 2.27. The van der Waals surface area contributed by atoms with Gasteiger partial charge >= 0.3 is 7.82 Å². The summed E-state index contributed by atoms with van der Waals surface area (Å²) in [6, 6.07) is 5.93. The minimum Gasteiger partial charge on any atom is -0.497 e. The molecule has 2 aromatic rings. The number of aliphatic hydroxyl groups is 2. The number of aromatic amines is 1. The Morgan fingerprint density at radius 2 is 2.07 bits per heavy atom. The molecule has 6 N–H and O–H groups in total. The van der Waals surface area contributed by atoms with Crippen molar-refractivity contribution in [1.82, 2.24) is 10.3 Å². The highest BCUT2D eigenvalue weighted by Crippen LogP contribution is 2.35. The number of aliphatic hydroxyl groups excluding tert-OH is 2. The van der Waals surface area contributed by atoms with Gasteiger partial charge in [-0.05, 0) is 30.2 Å². The minimum absolute atomic E-state index is 0.00224. The highest BCUT2D eigenvalue weighted by atomic mass is 31.2. The zero-order valence-electron chi connectivity index (χ0n) is 15.1. The van der Waals surface area contributed by atoms with Crippen LogP contribution in [0.2, 0.25) is 0 Å². The van der Waals surface area contributed by atoms with Crippen LogP contribution in [0.25, 0.3) is 10.9 Å². The van der Waals surface area contributed by atoms with Gasteiger partial charge in [-0.2, -0.15) is 0 Å². The van der Waals surface area contributed by atoms with Gasteiger partial charge in [-0.3, -0.25) is 9.32 Å². The van der Waals surface area contributed by atoms with Crippen molar-refractivity contribution in [1.29, 1.82) is 0 Å². The summed E-state index contributed by atoms with van der Waals surface area (Å²) in [5, 5.41) is 20.6. The second-order valence-corrected chi connectivity index (χ2v) is 6.82. The van der Waals surface area contributed by atoms with E-state index in [-0.39, 0.29) is 5.91 Å². The van der Waals surface area contributed by atoms with Crippen LogP contribution in [0.3, 0.4) is 0 Å². The molecule has 0 fully saturated rings. The monoisotopic (exact) mass is 404 g/mol. The van der Waals surface area contributed by atoms with Crippen LogP contribution < -0.4 is 10.1 Å². The Hall–Kier alpha value is -1.94. The zero-order valence-corrected chi connectivity index (χ0v) is 16.0. The quantitative estimate of drug-likeness (QED) is 0.343. The molecule has 0 saturated heterocycles. The van der Waals surface area contributed by atoms with Crippen molar-refractivity contribution in [3.05, 3.63) is 30.0 Å². The molecule has 11 heteroatoms. The first-order chi connectivity index (χ1) is 12.7. The number of benzene rings is 1. The van der Waals surface area contributed by atoms with Crippen molar-refractivity contribution in [3.8, 4) is 5.75 Å². The van der Waals surface area contributed by atoms with E-state index in [2.05, 4.69) is 14.8 Å². The first kappa shape index (κ1) is 23.1. The van der Waals surface area contributed by atoms with E-state index in [9.17, 15) is 9.36 Å². The highest BCUT2D eigenvalue weighted by molar-refractivity contribution is 7.46. The summed E-state index contributed by atoms with van der Waals surface area (Å²) in [7, 11) is -2.85. The first-order valence-corrected chi connectivity index (χ1v) is 9.56. The number of fused-ring (bicyclic) bond motifs is 1. The molecule has 27 heavy (non-hydrogen) atoms. The average Bonchev–Trinajstić information content (AvgIpc) is 3.01. The molecule has 0 aliphatic carbocycles. The lowest BCUT2D eigenvalue weighted by molar-refractivity contribution is -0.118. The normalized spacial score (nSPS) is 12.2. The van der Waals surface area contributed by atoms with Gasteiger partial charge in [0.2, 0.25) is 5.91 Å². The molecule has 1 aromatic heterocycles. The Labute approximate surface area is 156 Å². The predicted octanol–water partition coefficient (Wildman–Crippen LogP) is 0.304. The molecular formula is C16H25N2O8P. The van der Waals surface area contributed by atoms with Gasteiger partial charge in [-0.1, -0.05) is 0 Å². The van der Waals surface area contributed by atoms with Gasteiger partial charge in [0.15, 0.2) is 0 Å². The molecule has 0 aliphatic rings. The molecule has 1 aromatic carbocycles. The predicted molar refractivity (Wildman–Crippen MR) is 98.3 cm³/mol. The summed E-state index contributed by atoms with van der Waals surface area (Å²) in [6.45, 7) is 1.03. The number of aromatic nitrogens is 1. The number of phosphoric acid groups is 1. The fourth-order valence-corrected chi connectivity index (χ4v) is 2.47. The fourth-order valence-electron chi connectivity index (χ4n) is 2.10. The number of carbonyl (C=O) groups excluding carboxylic acids is 1. The van der Waals surface area contributed by atoms with E-state index < -0.39 is 27.1 Å². The Morgan fingerprint density at radius 3 is 2.63 bits per heavy atom. The van der Waals surface area contributed by atoms with Gasteiger partial charge in [-0.25, -0.2) is 4.57 Å². The van der Waals surface area contributed by atoms with Crippen LogP contribution in [0.4, 0.5) is 0 Å². The second-order valence-electron chi connectivity index (χ2n) is 5.58. The first-order valence-electron chi connectivity index (χ1n) is 8.03. The van der Waals surface area contributed by atoms with Crippen molar-refractivity contribution in [3.63, 3.8) is 0 Å². The van der Waals surface area contributed by atoms with Crippen LogP contribution in [-0.2, 0) is 20.3 Å². The summed E-state index contributed by atoms with van der Waals surface area (Å²) in [5.74, 6) is 0.847. The third-order valence-corrected chi connectivity index (χ3v) is 3.87. The van der Waals surface area contributed by atoms with Gasteiger partial charge in [0.05, 0.1) is 20.3 Å². The van der Waals surface area contributed by atoms with Crippen LogP contribution in [0.15, 0.2) is 24.4 Å². The van der Waals surface area contributed by atoms with Crippen molar-refractivity contribution in [2.45, 2.75) is 19.4 Å². The SMILES string of the molecule is COc1ccc2[nH]cc(CCNC(C)=O)c2c1.O=P(O)(O)OCC(O)CO. The molecule has 1 amide bonds. The summed E-state index contributed by atoms with van der Waals surface area (Å²) >= 11 is 0. The van der Waals surface area contributed by atoms with Gasteiger partial charge in [0.25, 0.3) is 0 Å². The third-order valence-electron chi connectivity index (χ3n) is 3.39. The molecule has 1 heterocycles. The lowest BCUT2D eigenvalue weighted by Crippen LogP contribution is -2.22. The number of phosphoric ester groups is 1. The topological polar surface area (TPSA) is 161 Å². The van der Waals surface area contributed by atoms with E-state index in [1.807, 2.05) is 24.4 Å². The third kappa shape index (κ3) is 9.00. The van der Waals surface area contributed by atoms with Gasteiger partial charge in [0.1, 0.15) is 11.9 Å². The van der Waals surface area contributed by atoms with Crippen molar-refractivity contribution >= 4 is 24.6 Å². The molecule has 0 spiro atoms. The largest absolute Gasteiger partial charge is 0.497 e. The summed E-state index contributed by atoms with van der Waals surface area (Å²) in [6.07, 6.45) is 1.55. The Balaban J connectivity index is 0.000000314. The fraction of sp³-hybridized carbons (Fsp3) is 0.438. The van der Waals surface area contributed by atoms with Crippen molar-refractivity contribution in [2.24, 2.45) is 0 Å². The number of rotatable bonds is 8. The Bertz CT molecular complexity index is 773.